The Bertz CT molecular complexity index is 1420. The van der Waals surface area contributed by atoms with Crippen LogP contribution in [-0.4, -0.2) is 20.7 Å². The first kappa shape index (κ1) is 14.3. The van der Waals surface area contributed by atoms with Gasteiger partial charge in [-0.1, -0.05) is 42.5 Å². The van der Waals surface area contributed by atoms with E-state index in [-0.39, 0.29) is 5.69 Å². The number of benzene rings is 3. The number of rotatable bonds is 1. The molecule has 0 amide bonds. The Hall–Kier alpha value is -3.86. The van der Waals surface area contributed by atoms with E-state index < -0.39 is 0 Å². The van der Waals surface area contributed by atoms with Crippen molar-refractivity contribution in [1.29, 1.82) is 0 Å². The van der Waals surface area contributed by atoms with Crippen LogP contribution in [0, 0.1) is 0 Å². The van der Waals surface area contributed by atoms with E-state index in [0.29, 0.717) is 0 Å². The van der Waals surface area contributed by atoms with Gasteiger partial charge in [-0.25, -0.2) is 4.79 Å². The topological polar surface area (TPSA) is 65.9 Å². The molecular weight excluding hydrogens is 336 g/mol. The van der Waals surface area contributed by atoms with Gasteiger partial charge in [-0.05, 0) is 24.3 Å². The first-order valence-electron chi connectivity index (χ1n) is 8.79. The van der Waals surface area contributed by atoms with Crippen molar-refractivity contribution >= 4 is 33.8 Å². The molecule has 0 radical (unpaired) electrons. The van der Waals surface area contributed by atoms with E-state index >= 15 is 0 Å². The van der Waals surface area contributed by atoms with E-state index in [1.165, 1.54) is 0 Å². The van der Waals surface area contributed by atoms with Crippen LogP contribution in [0.1, 0.15) is 5.56 Å². The second-order valence-electron chi connectivity index (χ2n) is 6.71. The average molecular weight is 350 g/mol. The van der Waals surface area contributed by atoms with Crippen LogP contribution in [0.5, 0.6) is 0 Å². The predicted molar refractivity (Wildman–Crippen MR) is 108 cm³/mol. The fraction of sp³-hybridized carbons (Fsp3) is 0. The molecule has 3 heterocycles. The first-order valence-corrected chi connectivity index (χ1v) is 8.79. The molecule has 0 aliphatic carbocycles. The molecule has 0 saturated carbocycles. The number of para-hydroxylation sites is 3. The highest BCUT2D eigenvalue weighted by atomic mass is 16.1. The lowest BCUT2D eigenvalue weighted by Crippen LogP contribution is -2.14. The SMILES string of the molecule is O=c1[nH]c2cccc3c2n1-c1cccc(-c2cc4ccccc4[nH]2)c1N=C3. The van der Waals surface area contributed by atoms with Crippen molar-refractivity contribution in [2.45, 2.75) is 0 Å². The molecule has 1 aliphatic heterocycles. The third-order valence-electron chi connectivity index (χ3n) is 5.14. The number of nitrogens with zero attached hydrogens (tertiary/aromatic N) is 2. The van der Waals surface area contributed by atoms with Crippen LogP contribution in [0.3, 0.4) is 0 Å². The van der Waals surface area contributed by atoms with Crippen LogP contribution < -0.4 is 5.69 Å². The van der Waals surface area contributed by atoms with Gasteiger partial charge in [0.25, 0.3) is 0 Å². The van der Waals surface area contributed by atoms with E-state index in [2.05, 4.69) is 28.2 Å². The molecule has 3 aromatic carbocycles. The van der Waals surface area contributed by atoms with Gasteiger partial charge < -0.3 is 9.97 Å². The molecule has 0 fully saturated rings. The van der Waals surface area contributed by atoms with E-state index in [1.807, 2.05) is 54.7 Å². The molecule has 0 spiro atoms. The number of fused-ring (bicyclic) bond motifs is 3. The Morgan fingerprint density at radius 2 is 1.70 bits per heavy atom. The maximum Gasteiger partial charge on any atom is 0.331 e. The zero-order chi connectivity index (χ0) is 18.0. The molecular formula is C22H14N4O. The van der Waals surface area contributed by atoms with Gasteiger partial charge in [0, 0.05) is 33.9 Å². The highest BCUT2D eigenvalue weighted by Gasteiger charge is 2.20. The van der Waals surface area contributed by atoms with Crippen molar-refractivity contribution in [3.8, 4) is 16.9 Å². The third kappa shape index (κ3) is 1.93. The van der Waals surface area contributed by atoms with Crippen molar-refractivity contribution in [2.75, 3.05) is 0 Å². The molecule has 0 unspecified atom stereocenters. The predicted octanol–water partition coefficient (Wildman–Crippen LogP) is 4.53. The largest absolute Gasteiger partial charge is 0.354 e. The highest BCUT2D eigenvalue weighted by molar-refractivity contribution is 6.02. The molecule has 128 valence electrons. The normalized spacial score (nSPS) is 12.4. The number of hydrogen-bond donors (Lipinski definition) is 2. The molecule has 2 aromatic heterocycles. The Labute approximate surface area is 153 Å². The number of hydrogen-bond acceptors (Lipinski definition) is 2. The summed E-state index contributed by atoms with van der Waals surface area (Å²) in [6.45, 7) is 0. The van der Waals surface area contributed by atoms with Gasteiger partial charge in [-0.2, -0.15) is 0 Å². The van der Waals surface area contributed by atoms with Crippen molar-refractivity contribution in [1.82, 2.24) is 14.5 Å². The van der Waals surface area contributed by atoms with Crippen LogP contribution in [0.4, 0.5) is 5.69 Å². The summed E-state index contributed by atoms with van der Waals surface area (Å²) < 4.78 is 1.72. The minimum Gasteiger partial charge on any atom is -0.354 e. The summed E-state index contributed by atoms with van der Waals surface area (Å²) in [5.74, 6) is 0. The fourth-order valence-corrected chi connectivity index (χ4v) is 3.94. The molecule has 2 N–H and O–H groups in total. The Morgan fingerprint density at radius 3 is 2.63 bits per heavy atom. The Kier molecular flexibility index (Phi) is 2.69. The summed E-state index contributed by atoms with van der Waals surface area (Å²) in [4.78, 5) is 23.9. The summed E-state index contributed by atoms with van der Waals surface area (Å²) in [6, 6.07) is 22.1. The number of aromatic nitrogens is 3. The van der Waals surface area contributed by atoms with E-state index in [9.17, 15) is 4.79 Å². The van der Waals surface area contributed by atoms with Crippen LogP contribution in [-0.2, 0) is 0 Å². The number of aliphatic imine (C=N–C) groups is 1. The summed E-state index contributed by atoms with van der Waals surface area (Å²) in [6.07, 6.45) is 1.84. The fourth-order valence-electron chi connectivity index (χ4n) is 3.94. The van der Waals surface area contributed by atoms with Gasteiger partial charge >= 0.3 is 5.69 Å². The second kappa shape index (κ2) is 5.08. The highest BCUT2D eigenvalue weighted by Crippen LogP contribution is 2.38. The smallest absolute Gasteiger partial charge is 0.331 e. The number of nitrogens with one attached hydrogen (secondary N) is 2. The Balaban J connectivity index is 1.70. The van der Waals surface area contributed by atoms with Gasteiger partial charge in [0.1, 0.15) is 0 Å². The van der Waals surface area contributed by atoms with Crippen LogP contribution in [0.2, 0.25) is 0 Å². The summed E-state index contributed by atoms with van der Waals surface area (Å²) >= 11 is 0. The molecule has 5 nitrogen and oxygen atoms in total. The van der Waals surface area contributed by atoms with Crippen LogP contribution >= 0.6 is 0 Å². The minimum absolute atomic E-state index is 0.155. The van der Waals surface area contributed by atoms with Gasteiger partial charge in [0.2, 0.25) is 0 Å². The summed E-state index contributed by atoms with van der Waals surface area (Å²) in [7, 11) is 0. The number of imidazole rings is 1. The zero-order valence-corrected chi connectivity index (χ0v) is 14.2. The Morgan fingerprint density at radius 1 is 0.852 bits per heavy atom. The van der Waals surface area contributed by atoms with Gasteiger partial charge in [0.15, 0.2) is 0 Å². The van der Waals surface area contributed by atoms with E-state index in [4.69, 9.17) is 4.99 Å². The lowest BCUT2D eigenvalue weighted by Gasteiger charge is -2.10. The van der Waals surface area contributed by atoms with E-state index in [1.54, 1.807) is 4.57 Å². The molecule has 5 aromatic rings. The summed E-state index contributed by atoms with van der Waals surface area (Å²) in [5, 5.41) is 1.15. The first-order chi connectivity index (χ1) is 13.3. The maximum atomic E-state index is 12.7. The summed E-state index contributed by atoms with van der Waals surface area (Å²) in [5.41, 5.74) is 7.03. The second-order valence-corrected chi connectivity index (χ2v) is 6.71. The molecule has 0 atom stereocenters. The quantitative estimate of drug-likeness (QED) is 0.449. The molecule has 6 rings (SSSR count). The monoisotopic (exact) mass is 350 g/mol. The van der Waals surface area contributed by atoms with Crippen molar-refractivity contribution in [2.24, 2.45) is 4.99 Å². The maximum absolute atomic E-state index is 12.7. The van der Waals surface area contributed by atoms with Crippen molar-refractivity contribution in [3.63, 3.8) is 0 Å². The van der Waals surface area contributed by atoms with Crippen LogP contribution in [0.15, 0.2) is 76.5 Å². The van der Waals surface area contributed by atoms with Crippen molar-refractivity contribution in [3.05, 3.63) is 82.8 Å². The van der Waals surface area contributed by atoms with Crippen LogP contribution in [0.25, 0.3) is 38.9 Å². The lowest BCUT2D eigenvalue weighted by molar-refractivity contribution is 1.02. The minimum atomic E-state index is -0.155. The molecule has 1 aliphatic rings. The molecule has 27 heavy (non-hydrogen) atoms. The van der Waals surface area contributed by atoms with Gasteiger partial charge in [-0.3, -0.25) is 9.56 Å². The number of H-pyrrole nitrogens is 2. The van der Waals surface area contributed by atoms with Crippen molar-refractivity contribution < 1.29 is 0 Å². The molecule has 0 bridgehead atoms. The van der Waals surface area contributed by atoms with Gasteiger partial charge in [0.05, 0.1) is 22.4 Å². The van der Waals surface area contributed by atoms with E-state index in [0.717, 1.165) is 50.1 Å². The lowest BCUT2D eigenvalue weighted by atomic mass is 10.1. The third-order valence-corrected chi connectivity index (χ3v) is 5.14. The molecule has 0 saturated heterocycles. The number of aromatic amines is 2. The zero-order valence-electron chi connectivity index (χ0n) is 14.2. The average Bonchev–Trinajstić information content (AvgIpc) is 3.21. The molecule has 5 heteroatoms. The standard InChI is InChI=1S/C22H14N4O/c27-22-25-17-9-3-6-14-12-23-20-15(7-4-10-19(20)26(22)21(14)17)18-11-13-5-1-2-8-16(13)24-18/h1-12,24H,(H,25,27). The van der Waals surface area contributed by atoms with Gasteiger partial charge in [-0.15, -0.1) is 0 Å².